The summed E-state index contributed by atoms with van der Waals surface area (Å²) in [5.41, 5.74) is 1.34. The molecule has 6 rings (SSSR count). The maximum Gasteiger partial charge on any atom is 0.293 e. The second kappa shape index (κ2) is 4.27. The van der Waals surface area contributed by atoms with E-state index in [1.807, 2.05) is 19.0 Å². The highest BCUT2D eigenvalue weighted by Crippen LogP contribution is 2.65. The van der Waals surface area contributed by atoms with Crippen molar-refractivity contribution in [2.45, 2.75) is 37.6 Å². The Hall–Kier alpha value is -1.51. The molecule has 0 atom stereocenters. The summed E-state index contributed by atoms with van der Waals surface area (Å²) in [6.45, 7) is 0. The van der Waals surface area contributed by atoms with Crippen molar-refractivity contribution in [1.29, 1.82) is 0 Å². The predicted molar refractivity (Wildman–Crippen MR) is 86.9 cm³/mol. The Morgan fingerprint density at radius 2 is 1.64 bits per heavy atom. The van der Waals surface area contributed by atoms with Gasteiger partial charge in [-0.25, -0.2) is 4.99 Å². The second-order valence-electron chi connectivity index (χ2n) is 8.02. The van der Waals surface area contributed by atoms with E-state index in [0.29, 0.717) is 11.8 Å². The van der Waals surface area contributed by atoms with E-state index in [4.69, 9.17) is 9.73 Å². The molecule has 4 aliphatic carbocycles. The Balaban J connectivity index is 1.72. The fourth-order valence-corrected chi connectivity index (χ4v) is 5.94. The number of fused-ring (bicyclic) bond motifs is 1. The molecule has 0 saturated heterocycles. The molecule has 5 aliphatic rings. The van der Waals surface area contributed by atoms with Crippen LogP contribution in [0.1, 0.15) is 37.7 Å². The normalized spacial score (nSPS) is 41.1. The molecule has 4 bridgehead atoms. The summed E-state index contributed by atoms with van der Waals surface area (Å²) in [4.78, 5) is 7.30. The molecule has 1 aromatic carbocycles. The van der Waals surface area contributed by atoms with Gasteiger partial charge in [0, 0.05) is 19.7 Å². The number of amidine groups is 1. The van der Waals surface area contributed by atoms with E-state index < -0.39 is 0 Å². The lowest BCUT2D eigenvalue weighted by molar-refractivity contribution is -0.0608. The van der Waals surface area contributed by atoms with E-state index in [9.17, 15) is 0 Å². The quantitative estimate of drug-likeness (QED) is 0.730. The summed E-state index contributed by atoms with van der Waals surface area (Å²) >= 11 is 0. The molecule has 0 unspecified atom stereocenters. The van der Waals surface area contributed by atoms with Gasteiger partial charge < -0.3 is 9.64 Å². The molecule has 0 N–H and O–H groups in total. The first-order chi connectivity index (χ1) is 10.7. The summed E-state index contributed by atoms with van der Waals surface area (Å²) in [6, 6.07) is 9.44. The maximum atomic E-state index is 6.10. The second-order valence-corrected chi connectivity index (χ2v) is 8.02. The van der Waals surface area contributed by atoms with Crippen LogP contribution in [0.3, 0.4) is 0 Å². The number of rotatable bonds is 0. The zero-order chi connectivity index (χ0) is 14.9. The Labute approximate surface area is 132 Å². The van der Waals surface area contributed by atoms with Crippen LogP contribution in [0.15, 0.2) is 29.3 Å². The summed E-state index contributed by atoms with van der Waals surface area (Å²) in [7, 11) is 4.08. The standard InChI is InChI=1S/C19H24N2O/c1-21(2)18-20-19(16-5-3-4-6-17(16)22-18)14-8-12-7-13(10-14)11-15(19)9-12/h3-6,12-15H,7-11H2,1-2H3. The van der Waals surface area contributed by atoms with Crippen LogP contribution in [0.25, 0.3) is 0 Å². The SMILES string of the molecule is CN(C)C1=NC2(c3ccccc3O1)C1CC3CC(C1)CC2C3. The maximum absolute atomic E-state index is 6.10. The number of para-hydroxylation sites is 1. The van der Waals surface area contributed by atoms with E-state index in [-0.39, 0.29) is 5.54 Å². The van der Waals surface area contributed by atoms with Crippen LogP contribution in [-0.2, 0) is 5.54 Å². The van der Waals surface area contributed by atoms with Gasteiger partial charge in [-0.3, -0.25) is 0 Å². The van der Waals surface area contributed by atoms with Gasteiger partial charge in [-0.05, 0) is 61.8 Å². The first kappa shape index (κ1) is 13.0. The minimum absolute atomic E-state index is 0.0120. The van der Waals surface area contributed by atoms with Gasteiger partial charge in [0.25, 0.3) is 6.02 Å². The molecule has 116 valence electrons. The van der Waals surface area contributed by atoms with Gasteiger partial charge in [-0.2, -0.15) is 0 Å². The minimum Gasteiger partial charge on any atom is -0.426 e. The lowest BCUT2D eigenvalue weighted by Gasteiger charge is -2.60. The zero-order valence-corrected chi connectivity index (χ0v) is 13.5. The van der Waals surface area contributed by atoms with Crippen LogP contribution in [0, 0.1) is 23.7 Å². The Bertz CT molecular complexity index is 621. The highest BCUT2D eigenvalue weighted by atomic mass is 16.5. The molecule has 1 heterocycles. The molecular formula is C19H24N2O. The number of nitrogens with zero attached hydrogens (tertiary/aromatic N) is 2. The van der Waals surface area contributed by atoms with Crippen molar-refractivity contribution in [2.75, 3.05) is 14.1 Å². The Morgan fingerprint density at radius 3 is 2.27 bits per heavy atom. The van der Waals surface area contributed by atoms with Crippen LogP contribution in [0.2, 0.25) is 0 Å². The van der Waals surface area contributed by atoms with Crippen molar-refractivity contribution >= 4 is 6.02 Å². The monoisotopic (exact) mass is 296 g/mol. The van der Waals surface area contributed by atoms with Crippen molar-refractivity contribution in [1.82, 2.24) is 4.90 Å². The predicted octanol–water partition coefficient (Wildman–Crippen LogP) is 3.65. The van der Waals surface area contributed by atoms with E-state index in [0.717, 1.165) is 23.6 Å². The average molecular weight is 296 g/mol. The van der Waals surface area contributed by atoms with Crippen LogP contribution in [-0.4, -0.2) is 25.0 Å². The molecular weight excluding hydrogens is 272 g/mol. The van der Waals surface area contributed by atoms with Gasteiger partial charge in [0.1, 0.15) is 11.3 Å². The third kappa shape index (κ3) is 1.55. The average Bonchev–Trinajstić information content (AvgIpc) is 2.51. The van der Waals surface area contributed by atoms with E-state index in [1.54, 1.807) is 0 Å². The molecule has 3 heteroatoms. The first-order valence-electron chi connectivity index (χ1n) is 8.71. The molecule has 1 aliphatic heterocycles. The van der Waals surface area contributed by atoms with Crippen LogP contribution >= 0.6 is 0 Å². The fourth-order valence-electron chi connectivity index (χ4n) is 5.94. The van der Waals surface area contributed by atoms with Crippen molar-refractivity contribution < 1.29 is 4.74 Å². The third-order valence-electron chi connectivity index (χ3n) is 6.57. The fraction of sp³-hybridized carbons (Fsp3) is 0.632. The zero-order valence-electron chi connectivity index (χ0n) is 13.5. The first-order valence-corrected chi connectivity index (χ1v) is 8.71. The molecule has 4 saturated carbocycles. The number of benzene rings is 1. The van der Waals surface area contributed by atoms with Gasteiger partial charge >= 0.3 is 0 Å². The van der Waals surface area contributed by atoms with Gasteiger partial charge in [-0.15, -0.1) is 0 Å². The molecule has 0 amide bonds. The number of hydrogen-bond acceptors (Lipinski definition) is 3. The Morgan fingerprint density at radius 1 is 1.00 bits per heavy atom. The van der Waals surface area contributed by atoms with E-state index >= 15 is 0 Å². The van der Waals surface area contributed by atoms with Crippen molar-refractivity contribution in [2.24, 2.45) is 28.7 Å². The van der Waals surface area contributed by atoms with Gasteiger partial charge in [-0.1, -0.05) is 18.2 Å². The number of aliphatic imine (C=N–C) groups is 1. The highest BCUT2D eigenvalue weighted by molar-refractivity contribution is 5.79. The molecule has 1 aromatic rings. The summed E-state index contributed by atoms with van der Waals surface area (Å²) < 4.78 is 6.10. The van der Waals surface area contributed by atoms with Gasteiger partial charge in [0.05, 0.1) is 0 Å². The summed E-state index contributed by atoms with van der Waals surface area (Å²) in [6.07, 6.45) is 6.94. The third-order valence-corrected chi connectivity index (χ3v) is 6.57. The largest absolute Gasteiger partial charge is 0.426 e. The van der Waals surface area contributed by atoms with Crippen LogP contribution in [0.4, 0.5) is 0 Å². The van der Waals surface area contributed by atoms with Crippen molar-refractivity contribution in [3.8, 4) is 5.75 Å². The number of ether oxygens (including phenoxy) is 1. The molecule has 4 fully saturated rings. The van der Waals surface area contributed by atoms with E-state index in [1.165, 1.54) is 37.7 Å². The summed E-state index contributed by atoms with van der Waals surface area (Å²) in [5, 5.41) is 0. The molecule has 1 spiro atoms. The highest BCUT2D eigenvalue weighted by Gasteiger charge is 2.60. The van der Waals surface area contributed by atoms with Gasteiger partial charge in [0.2, 0.25) is 0 Å². The lowest BCUT2D eigenvalue weighted by Crippen LogP contribution is -2.56. The topological polar surface area (TPSA) is 24.8 Å². The molecule has 0 aromatic heterocycles. The van der Waals surface area contributed by atoms with Crippen LogP contribution in [0.5, 0.6) is 5.75 Å². The van der Waals surface area contributed by atoms with Gasteiger partial charge in [0.15, 0.2) is 0 Å². The molecule has 0 radical (unpaired) electrons. The lowest BCUT2D eigenvalue weighted by atomic mass is 9.47. The Kier molecular flexibility index (Phi) is 2.52. The summed E-state index contributed by atoms with van der Waals surface area (Å²) in [5.74, 6) is 4.38. The van der Waals surface area contributed by atoms with Crippen LogP contribution < -0.4 is 4.74 Å². The molecule has 3 nitrogen and oxygen atoms in total. The minimum atomic E-state index is -0.0120. The van der Waals surface area contributed by atoms with Crippen molar-refractivity contribution in [3.63, 3.8) is 0 Å². The smallest absolute Gasteiger partial charge is 0.293 e. The number of hydrogen-bond donors (Lipinski definition) is 0. The van der Waals surface area contributed by atoms with E-state index in [2.05, 4.69) is 24.3 Å². The molecule has 22 heavy (non-hydrogen) atoms. The van der Waals surface area contributed by atoms with Crippen molar-refractivity contribution in [3.05, 3.63) is 29.8 Å².